The molecule has 0 aromatic heterocycles. The molecule has 2 N–H and O–H groups in total. The van der Waals surface area contributed by atoms with Crippen LogP contribution in [0.25, 0.3) is 0 Å². The molecule has 2 aromatic carbocycles. The number of nitrogens with one attached hydrogen (secondary N) is 2. The van der Waals surface area contributed by atoms with Gasteiger partial charge in [0, 0.05) is 33.1 Å². The van der Waals surface area contributed by atoms with E-state index in [0.717, 1.165) is 19.0 Å². The van der Waals surface area contributed by atoms with E-state index in [1.807, 2.05) is 24.0 Å². The molecule has 0 spiro atoms. The van der Waals surface area contributed by atoms with Gasteiger partial charge >= 0.3 is 0 Å². The van der Waals surface area contributed by atoms with E-state index in [-0.39, 0.29) is 35.9 Å². The number of carbonyl (C=O) groups excluding carboxylic acids is 1. The lowest BCUT2D eigenvalue weighted by molar-refractivity contribution is -0.132. The van der Waals surface area contributed by atoms with Crippen molar-refractivity contribution in [3.63, 3.8) is 0 Å². The Morgan fingerprint density at radius 2 is 1.90 bits per heavy atom. The van der Waals surface area contributed by atoms with Gasteiger partial charge in [-0.25, -0.2) is 8.78 Å². The number of benzene rings is 2. The van der Waals surface area contributed by atoms with Gasteiger partial charge in [0.25, 0.3) is 0 Å². The van der Waals surface area contributed by atoms with Crippen LogP contribution in [-0.2, 0) is 17.8 Å². The first-order chi connectivity index (χ1) is 14.5. The summed E-state index contributed by atoms with van der Waals surface area (Å²) >= 11 is 0. The Kier molecular flexibility index (Phi) is 9.67. The quantitative estimate of drug-likeness (QED) is 0.250. The molecule has 5 nitrogen and oxygen atoms in total. The third kappa shape index (κ3) is 6.88. The summed E-state index contributed by atoms with van der Waals surface area (Å²) in [6.45, 7) is 3.87. The first kappa shape index (κ1) is 25.0. The third-order valence-corrected chi connectivity index (χ3v) is 5.36. The number of halogens is 3. The summed E-state index contributed by atoms with van der Waals surface area (Å²) in [4.78, 5) is 18.6. The Labute approximate surface area is 199 Å². The van der Waals surface area contributed by atoms with E-state index in [1.54, 1.807) is 13.1 Å². The summed E-state index contributed by atoms with van der Waals surface area (Å²) in [5.74, 6) is -1.03. The first-order valence-corrected chi connectivity index (χ1v) is 10.2. The number of amides is 1. The van der Waals surface area contributed by atoms with Crippen molar-refractivity contribution in [2.45, 2.75) is 38.8 Å². The van der Waals surface area contributed by atoms with Crippen LogP contribution in [0, 0.1) is 11.6 Å². The van der Waals surface area contributed by atoms with E-state index < -0.39 is 11.6 Å². The molecule has 0 aliphatic carbocycles. The van der Waals surface area contributed by atoms with Gasteiger partial charge in [-0.1, -0.05) is 30.3 Å². The maximum absolute atomic E-state index is 13.4. The zero-order chi connectivity index (χ0) is 21.5. The molecule has 1 aliphatic heterocycles. The second-order valence-electron chi connectivity index (χ2n) is 7.48. The minimum absolute atomic E-state index is 0. The molecular formula is C23H29F2IN4O. The SMILES string of the molecule is CN=C(NCCCC(=O)N1CCc2ccccc2C1)NC(C)c1ccc(F)c(F)c1.I. The van der Waals surface area contributed by atoms with Crippen LogP contribution in [0.15, 0.2) is 47.5 Å². The topological polar surface area (TPSA) is 56.7 Å². The summed E-state index contributed by atoms with van der Waals surface area (Å²) in [6, 6.07) is 11.8. The van der Waals surface area contributed by atoms with E-state index >= 15 is 0 Å². The van der Waals surface area contributed by atoms with Gasteiger partial charge in [0.2, 0.25) is 5.91 Å². The van der Waals surface area contributed by atoms with Crippen LogP contribution in [0.3, 0.4) is 0 Å². The van der Waals surface area contributed by atoms with Gasteiger partial charge in [-0.2, -0.15) is 0 Å². The molecule has 0 bridgehead atoms. The lowest BCUT2D eigenvalue weighted by atomic mass is 9.99. The van der Waals surface area contributed by atoms with Gasteiger partial charge < -0.3 is 15.5 Å². The average molecular weight is 542 g/mol. The molecular weight excluding hydrogens is 513 g/mol. The van der Waals surface area contributed by atoms with Crippen molar-refractivity contribution < 1.29 is 13.6 Å². The van der Waals surface area contributed by atoms with Crippen molar-refractivity contribution >= 4 is 35.8 Å². The fraction of sp³-hybridized carbons (Fsp3) is 0.391. The lowest BCUT2D eigenvalue weighted by Gasteiger charge is -2.29. The number of fused-ring (bicyclic) bond motifs is 1. The maximum atomic E-state index is 13.4. The molecule has 0 radical (unpaired) electrons. The molecule has 3 rings (SSSR count). The Morgan fingerprint density at radius 3 is 2.61 bits per heavy atom. The Balaban J connectivity index is 0.00000341. The minimum atomic E-state index is -0.872. The van der Waals surface area contributed by atoms with E-state index in [9.17, 15) is 13.6 Å². The summed E-state index contributed by atoms with van der Waals surface area (Å²) in [5.41, 5.74) is 3.18. The minimum Gasteiger partial charge on any atom is -0.356 e. The van der Waals surface area contributed by atoms with Gasteiger partial charge in [0.1, 0.15) is 0 Å². The highest BCUT2D eigenvalue weighted by molar-refractivity contribution is 14.0. The largest absolute Gasteiger partial charge is 0.356 e. The van der Waals surface area contributed by atoms with Crippen LogP contribution in [0.5, 0.6) is 0 Å². The third-order valence-electron chi connectivity index (χ3n) is 5.36. The number of aliphatic imine (C=N–C) groups is 1. The van der Waals surface area contributed by atoms with E-state index in [2.05, 4.69) is 27.8 Å². The standard InChI is InChI=1S/C23H28F2N4O.HI/c1-16(18-9-10-20(24)21(25)14-18)28-23(26-2)27-12-5-8-22(30)29-13-11-17-6-3-4-7-19(17)15-29;/h3-4,6-7,9-10,14,16H,5,8,11-13,15H2,1-2H3,(H2,26,27,28);1H. The molecule has 2 aromatic rings. The fourth-order valence-electron chi connectivity index (χ4n) is 3.58. The summed E-state index contributed by atoms with van der Waals surface area (Å²) in [7, 11) is 1.64. The second kappa shape index (κ2) is 12.0. The smallest absolute Gasteiger partial charge is 0.222 e. The normalized spacial score (nSPS) is 14.3. The van der Waals surface area contributed by atoms with Crippen molar-refractivity contribution in [1.29, 1.82) is 0 Å². The summed E-state index contributed by atoms with van der Waals surface area (Å²) in [6.07, 6.45) is 2.04. The van der Waals surface area contributed by atoms with Crippen molar-refractivity contribution in [3.05, 3.63) is 70.8 Å². The second-order valence-corrected chi connectivity index (χ2v) is 7.48. The van der Waals surface area contributed by atoms with E-state index in [1.165, 1.54) is 17.2 Å². The average Bonchev–Trinajstić information content (AvgIpc) is 2.77. The van der Waals surface area contributed by atoms with Crippen molar-refractivity contribution in [2.24, 2.45) is 4.99 Å². The highest BCUT2D eigenvalue weighted by Crippen LogP contribution is 2.19. The van der Waals surface area contributed by atoms with Crippen LogP contribution in [-0.4, -0.2) is 36.9 Å². The molecule has 0 saturated carbocycles. The van der Waals surface area contributed by atoms with Crippen LogP contribution < -0.4 is 10.6 Å². The van der Waals surface area contributed by atoms with Gasteiger partial charge in [-0.05, 0) is 48.6 Å². The van der Waals surface area contributed by atoms with Crippen LogP contribution >= 0.6 is 24.0 Å². The first-order valence-electron chi connectivity index (χ1n) is 10.2. The Bertz CT molecular complexity index is 922. The monoisotopic (exact) mass is 542 g/mol. The molecule has 1 heterocycles. The summed E-state index contributed by atoms with van der Waals surface area (Å²) < 4.78 is 26.5. The van der Waals surface area contributed by atoms with Crippen molar-refractivity contribution in [2.75, 3.05) is 20.1 Å². The number of carbonyl (C=O) groups is 1. The molecule has 8 heteroatoms. The van der Waals surface area contributed by atoms with Gasteiger partial charge in [0.05, 0.1) is 6.04 Å². The molecule has 1 amide bonds. The predicted octanol–water partition coefficient (Wildman–Crippen LogP) is 4.17. The van der Waals surface area contributed by atoms with Crippen LogP contribution in [0.1, 0.15) is 42.5 Å². The molecule has 168 valence electrons. The number of hydrogen-bond acceptors (Lipinski definition) is 2. The molecule has 0 fully saturated rings. The zero-order valence-electron chi connectivity index (χ0n) is 17.8. The number of hydrogen-bond donors (Lipinski definition) is 2. The highest BCUT2D eigenvalue weighted by Gasteiger charge is 2.19. The zero-order valence-corrected chi connectivity index (χ0v) is 20.2. The molecule has 1 atom stereocenters. The van der Waals surface area contributed by atoms with Crippen molar-refractivity contribution in [1.82, 2.24) is 15.5 Å². The molecule has 1 aliphatic rings. The van der Waals surface area contributed by atoms with Gasteiger partial charge in [-0.15, -0.1) is 24.0 Å². The van der Waals surface area contributed by atoms with Gasteiger partial charge in [-0.3, -0.25) is 9.79 Å². The number of nitrogens with zero attached hydrogens (tertiary/aromatic N) is 2. The highest BCUT2D eigenvalue weighted by atomic mass is 127. The molecule has 0 saturated heterocycles. The van der Waals surface area contributed by atoms with Crippen LogP contribution in [0.2, 0.25) is 0 Å². The number of guanidine groups is 1. The molecule has 31 heavy (non-hydrogen) atoms. The van der Waals surface area contributed by atoms with Crippen molar-refractivity contribution in [3.8, 4) is 0 Å². The summed E-state index contributed by atoms with van der Waals surface area (Å²) in [5, 5.41) is 6.32. The van der Waals surface area contributed by atoms with Gasteiger partial charge in [0.15, 0.2) is 17.6 Å². The van der Waals surface area contributed by atoms with E-state index in [0.29, 0.717) is 37.5 Å². The van der Waals surface area contributed by atoms with Crippen LogP contribution in [0.4, 0.5) is 8.78 Å². The fourth-order valence-corrected chi connectivity index (χ4v) is 3.58. The predicted molar refractivity (Wildman–Crippen MR) is 129 cm³/mol. The van der Waals surface area contributed by atoms with E-state index in [4.69, 9.17) is 0 Å². The Hall–Kier alpha value is -2.23. The Morgan fingerprint density at radius 1 is 1.16 bits per heavy atom. The number of rotatable bonds is 6. The maximum Gasteiger partial charge on any atom is 0.222 e. The molecule has 1 unspecified atom stereocenters. The lowest BCUT2D eigenvalue weighted by Crippen LogP contribution is -2.40.